The molecule has 2 aromatic rings. The second kappa shape index (κ2) is 9.10. The molecule has 4 nitrogen and oxygen atoms in total. The summed E-state index contributed by atoms with van der Waals surface area (Å²) in [6.07, 6.45) is 2.02. The quantitative estimate of drug-likeness (QED) is 0.727. The first-order valence-electron chi connectivity index (χ1n) is 8.65. The van der Waals surface area contributed by atoms with Gasteiger partial charge in [0.25, 0.3) is 0 Å². The fourth-order valence-electron chi connectivity index (χ4n) is 3.03. The van der Waals surface area contributed by atoms with Crippen molar-refractivity contribution >= 4 is 23.4 Å². The molecule has 1 amide bonds. The van der Waals surface area contributed by atoms with Crippen molar-refractivity contribution in [2.24, 2.45) is 0 Å². The van der Waals surface area contributed by atoms with Crippen LogP contribution >= 0.6 is 11.8 Å². The molecule has 0 aliphatic heterocycles. The number of amides is 1. The van der Waals surface area contributed by atoms with Gasteiger partial charge in [-0.2, -0.15) is 0 Å². The van der Waals surface area contributed by atoms with Gasteiger partial charge >= 0.3 is 0 Å². The number of likely N-dealkylation sites (N-methyl/N-ethyl adjacent to an activating group) is 1. The minimum Gasteiger partial charge on any atom is -0.496 e. The lowest BCUT2D eigenvalue weighted by atomic mass is 10.0. The number of hydrogen-bond donors (Lipinski definition) is 1. The van der Waals surface area contributed by atoms with Gasteiger partial charge in [0.2, 0.25) is 5.91 Å². The molecule has 0 aromatic heterocycles. The fraction of sp³-hybridized carbons (Fsp3) is 0.381. The molecule has 140 valence electrons. The molecule has 0 saturated heterocycles. The van der Waals surface area contributed by atoms with Crippen molar-refractivity contribution in [3.8, 4) is 5.75 Å². The van der Waals surface area contributed by atoms with E-state index in [1.807, 2.05) is 58.3 Å². The van der Waals surface area contributed by atoms with Gasteiger partial charge in [0.05, 0.1) is 13.2 Å². The third kappa shape index (κ3) is 5.02. The number of hydrogen-bond acceptors (Lipinski definition) is 4. The van der Waals surface area contributed by atoms with Crippen LogP contribution in [0, 0.1) is 13.8 Å². The minimum atomic E-state index is -0.240. The summed E-state index contributed by atoms with van der Waals surface area (Å²) in [6, 6.07) is 11.9. The van der Waals surface area contributed by atoms with Gasteiger partial charge in [-0.25, -0.2) is 0 Å². The zero-order chi connectivity index (χ0) is 19.3. The molecule has 1 N–H and O–H groups in total. The van der Waals surface area contributed by atoms with Crippen LogP contribution < -0.4 is 10.1 Å². The van der Waals surface area contributed by atoms with E-state index in [4.69, 9.17) is 4.74 Å². The van der Waals surface area contributed by atoms with E-state index >= 15 is 0 Å². The van der Waals surface area contributed by atoms with Gasteiger partial charge in [-0.05, 0) is 69.0 Å². The predicted octanol–water partition coefficient (Wildman–Crippen LogP) is 4.49. The largest absolute Gasteiger partial charge is 0.496 e. The lowest BCUT2D eigenvalue weighted by molar-refractivity contribution is -0.120. The van der Waals surface area contributed by atoms with Crippen LogP contribution in [0.4, 0.5) is 5.69 Å². The number of rotatable bonds is 7. The maximum Gasteiger partial charge on any atom is 0.241 e. The van der Waals surface area contributed by atoms with Gasteiger partial charge in [0, 0.05) is 17.1 Å². The summed E-state index contributed by atoms with van der Waals surface area (Å²) in [5.74, 6) is 0.920. The molecular formula is C21H28N2O2S. The Labute approximate surface area is 160 Å². The zero-order valence-corrected chi connectivity index (χ0v) is 17.2. The van der Waals surface area contributed by atoms with Crippen LogP contribution in [-0.4, -0.2) is 37.3 Å². The summed E-state index contributed by atoms with van der Waals surface area (Å²) in [5, 5.41) is 3.01. The van der Waals surface area contributed by atoms with Gasteiger partial charge in [-0.1, -0.05) is 18.2 Å². The highest BCUT2D eigenvalue weighted by molar-refractivity contribution is 7.98. The summed E-state index contributed by atoms with van der Waals surface area (Å²) < 4.78 is 5.43. The molecule has 0 aliphatic rings. The van der Waals surface area contributed by atoms with Crippen molar-refractivity contribution in [2.45, 2.75) is 38.3 Å². The van der Waals surface area contributed by atoms with Crippen LogP contribution in [0.2, 0.25) is 0 Å². The molecule has 0 spiro atoms. The van der Waals surface area contributed by atoms with Gasteiger partial charge < -0.3 is 10.1 Å². The van der Waals surface area contributed by atoms with Crippen LogP contribution in [0.3, 0.4) is 0 Å². The first-order valence-corrected chi connectivity index (χ1v) is 9.87. The number of carbonyl (C=O) groups excluding carboxylic acids is 1. The Hall–Kier alpha value is -1.98. The number of nitrogens with one attached hydrogen (secondary N) is 1. The van der Waals surface area contributed by atoms with Crippen molar-refractivity contribution in [2.75, 3.05) is 25.7 Å². The van der Waals surface area contributed by atoms with E-state index in [0.29, 0.717) is 6.54 Å². The lowest BCUT2D eigenvalue weighted by Crippen LogP contribution is -2.39. The second-order valence-electron chi connectivity index (χ2n) is 6.58. The van der Waals surface area contributed by atoms with Gasteiger partial charge in [0.1, 0.15) is 5.75 Å². The normalized spacial score (nSPS) is 12.1. The molecule has 26 heavy (non-hydrogen) atoms. The molecule has 1 atom stereocenters. The predicted molar refractivity (Wildman–Crippen MR) is 110 cm³/mol. The molecule has 0 saturated carbocycles. The Morgan fingerprint density at radius 1 is 1.23 bits per heavy atom. The van der Waals surface area contributed by atoms with Crippen molar-refractivity contribution < 1.29 is 9.53 Å². The van der Waals surface area contributed by atoms with Gasteiger partial charge in [-0.3, -0.25) is 9.69 Å². The van der Waals surface area contributed by atoms with E-state index in [9.17, 15) is 4.79 Å². The summed E-state index contributed by atoms with van der Waals surface area (Å²) in [5.41, 5.74) is 4.23. The molecule has 2 aromatic carbocycles. The highest BCUT2D eigenvalue weighted by atomic mass is 32.2. The van der Waals surface area contributed by atoms with Gasteiger partial charge in [0.15, 0.2) is 0 Å². The molecule has 0 aliphatic carbocycles. The standard InChI is InChI=1S/C21H28N2O2S/c1-14-10-17(11-15(2)20(14)25-5)13-23(4)16(3)21(24)22-18-8-7-9-19(12-18)26-6/h7-12,16H,13H2,1-6H3,(H,22,24). The summed E-state index contributed by atoms with van der Waals surface area (Å²) in [7, 11) is 3.66. The maximum atomic E-state index is 12.6. The molecule has 0 fully saturated rings. The number of benzene rings is 2. The SMILES string of the molecule is COc1c(C)cc(CN(C)C(C)C(=O)Nc2cccc(SC)c2)cc1C. The Kier molecular flexibility index (Phi) is 7.12. The van der Waals surface area contributed by atoms with E-state index in [1.165, 1.54) is 5.56 Å². The Balaban J connectivity index is 2.04. The number of carbonyl (C=O) groups is 1. The van der Waals surface area contributed by atoms with Crippen LogP contribution in [0.1, 0.15) is 23.6 Å². The number of nitrogens with zero attached hydrogens (tertiary/aromatic N) is 1. The fourth-order valence-corrected chi connectivity index (χ4v) is 3.49. The summed E-state index contributed by atoms with van der Waals surface area (Å²) in [4.78, 5) is 15.8. The zero-order valence-electron chi connectivity index (χ0n) is 16.4. The molecule has 5 heteroatoms. The average molecular weight is 373 g/mol. The van der Waals surface area contributed by atoms with E-state index in [1.54, 1.807) is 18.9 Å². The first kappa shape index (κ1) is 20.3. The van der Waals surface area contributed by atoms with E-state index in [-0.39, 0.29) is 11.9 Å². The third-order valence-corrected chi connectivity index (χ3v) is 5.26. The lowest BCUT2D eigenvalue weighted by Gasteiger charge is -2.24. The Bertz CT molecular complexity index is 753. The summed E-state index contributed by atoms with van der Waals surface area (Å²) in [6.45, 7) is 6.72. The number of methoxy groups -OCH3 is 1. The Morgan fingerprint density at radius 3 is 2.46 bits per heavy atom. The molecular weight excluding hydrogens is 344 g/mol. The number of thioether (sulfide) groups is 1. The van der Waals surface area contributed by atoms with E-state index < -0.39 is 0 Å². The number of ether oxygens (including phenoxy) is 1. The molecule has 0 heterocycles. The molecule has 0 bridgehead atoms. The summed E-state index contributed by atoms with van der Waals surface area (Å²) >= 11 is 1.66. The highest BCUT2D eigenvalue weighted by Crippen LogP contribution is 2.25. The van der Waals surface area contributed by atoms with E-state index in [0.717, 1.165) is 27.5 Å². The van der Waals surface area contributed by atoms with Crippen LogP contribution in [0.5, 0.6) is 5.75 Å². The van der Waals surface area contributed by atoms with E-state index in [2.05, 4.69) is 22.3 Å². The average Bonchev–Trinajstić information content (AvgIpc) is 2.60. The van der Waals surface area contributed by atoms with Crippen LogP contribution in [-0.2, 0) is 11.3 Å². The second-order valence-corrected chi connectivity index (χ2v) is 7.45. The highest BCUT2D eigenvalue weighted by Gasteiger charge is 2.19. The monoisotopic (exact) mass is 372 g/mol. The topological polar surface area (TPSA) is 41.6 Å². The van der Waals surface area contributed by atoms with Crippen LogP contribution in [0.15, 0.2) is 41.3 Å². The minimum absolute atomic E-state index is 0.00675. The third-order valence-electron chi connectivity index (χ3n) is 4.53. The van der Waals surface area contributed by atoms with Crippen molar-refractivity contribution in [1.82, 2.24) is 4.90 Å². The smallest absolute Gasteiger partial charge is 0.241 e. The van der Waals surface area contributed by atoms with Crippen molar-refractivity contribution in [3.63, 3.8) is 0 Å². The van der Waals surface area contributed by atoms with Crippen molar-refractivity contribution in [3.05, 3.63) is 53.1 Å². The van der Waals surface area contributed by atoms with Crippen molar-refractivity contribution in [1.29, 1.82) is 0 Å². The maximum absolute atomic E-state index is 12.6. The molecule has 2 rings (SSSR count). The molecule has 0 radical (unpaired) electrons. The number of aryl methyl sites for hydroxylation is 2. The van der Waals surface area contributed by atoms with Crippen LogP contribution in [0.25, 0.3) is 0 Å². The number of anilines is 1. The van der Waals surface area contributed by atoms with Gasteiger partial charge in [-0.15, -0.1) is 11.8 Å². The molecule has 1 unspecified atom stereocenters. The Morgan fingerprint density at radius 2 is 1.88 bits per heavy atom. The first-order chi connectivity index (χ1) is 12.3.